The number of nitrogens with zero attached hydrogens (tertiary/aromatic N) is 4. The molecule has 0 bridgehead atoms. The van der Waals surface area contributed by atoms with Gasteiger partial charge in [-0.25, -0.2) is 9.97 Å². The van der Waals surface area contributed by atoms with Crippen LogP contribution in [0.4, 0.5) is 0 Å². The summed E-state index contributed by atoms with van der Waals surface area (Å²) in [4.78, 5) is 25.6. The lowest BCUT2D eigenvalue weighted by Crippen LogP contribution is -2.33. The van der Waals surface area contributed by atoms with Crippen LogP contribution in [0.1, 0.15) is 16.2 Å². The molecule has 0 aliphatic carbocycles. The molecule has 0 unspecified atom stereocenters. The molecule has 0 fully saturated rings. The van der Waals surface area contributed by atoms with Gasteiger partial charge in [-0.1, -0.05) is 18.2 Å². The third kappa shape index (κ3) is 3.27. The number of hydrogen-bond donors (Lipinski definition) is 3. The summed E-state index contributed by atoms with van der Waals surface area (Å²) >= 11 is 0. The molecule has 0 radical (unpaired) electrons. The molecule has 0 aliphatic heterocycles. The van der Waals surface area contributed by atoms with Gasteiger partial charge in [0.1, 0.15) is 12.2 Å². The van der Waals surface area contributed by atoms with Crippen molar-refractivity contribution in [1.82, 2.24) is 30.0 Å². The molecule has 1 amide bonds. The Balaban J connectivity index is 1.91. The number of amides is 1. The predicted octanol–water partition coefficient (Wildman–Crippen LogP) is 0.829. The van der Waals surface area contributed by atoms with E-state index in [1.165, 1.54) is 11.2 Å². The lowest BCUT2D eigenvalue weighted by molar-refractivity contribution is 0.0704. The molecule has 0 spiro atoms. The molecule has 1 aromatic carbocycles. The van der Waals surface area contributed by atoms with Gasteiger partial charge in [0.05, 0.1) is 18.7 Å². The summed E-state index contributed by atoms with van der Waals surface area (Å²) in [6.07, 6.45) is 4.71. The van der Waals surface area contributed by atoms with Crippen LogP contribution in [0.15, 0.2) is 43.0 Å². The molecule has 2 aromatic heterocycles. The number of rotatable bonds is 6. The highest BCUT2D eigenvalue weighted by Gasteiger charge is 2.21. The average Bonchev–Trinajstić information content (AvgIpc) is 3.27. The summed E-state index contributed by atoms with van der Waals surface area (Å²) in [7, 11) is 0. The fourth-order valence-electron chi connectivity index (χ4n) is 2.32. The molecule has 118 valence electrons. The average molecular weight is 312 g/mol. The lowest BCUT2D eigenvalue weighted by Gasteiger charge is -2.21. The molecule has 0 aliphatic rings. The Morgan fingerprint density at radius 2 is 2.13 bits per heavy atom. The van der Waals surface area contributed by atoms with E-state index >= 15 is 0 Å². The SMILES string of the molecule is O=C(c1ccccc1-c1ncn[nH]1)N(CCO)Cc1ncc[nH]1. The van der Waals surface area contributed by atoms with Crippen LogP contribution in [0.2, 0.25) is 0 Å². The van der Waals surface area contributed by atoms with Gasteiger partial charge in [-0.15, -0.1) is 0 Å². The smallest absolute Gasteiger partial charge is 0.255 e. The van der Waals surface area contributed by atoms with Gasteiger partial charge in [-0.05, 0) is 6.07 Å². The molecule has 8 nitrogen and oxygen atoms in total. The molecule has 0 atom stereocenters. The number of H-pyrrole nitrogens is 2. The van der Waals surface area contributed by atoms with Gasteiger partial charge < -0.3 is 15.0 Å². The minimum absolute atomic E-state index is 0.128. The maximum atomic E-state index is 12.9. The van der Waals surface area contributed by atoms with E-state index in [4.69, 9.17) is 0 Å². The minimum atomic E-state index is -0.206. The number of benzene rings is 1. The number of aromatic amines is 2. The second-order valence-electron chi connectivity index (χ2n) is 4.87. The van der Waals surface area contributed by atoms with E-state index < -0.39 is 0 Å². The Morgan fingerprint density at radius 1 is 1.26 bits per heavy atom. The molecule has 3 aromatic rings. The van der Waals surface area contributed by atoms with Crippen molar-refractivity contribution in [2.75, 3.05) is 13.2 Å². The monoisotopic (exact) mass is 312 g/mol. The second kappa shape index (κ2) is 6.84. The maximum absolute atomic E-state index is 12.9. The minimum Gasteiger partial charge on any atom is -0.395 e. The Labute approximate surface area is 132 Å². The molecule has 23 heavy (non-hydrogen) atoms. The fourth-order valence-corrected chi connectivity index (χ4v) is 2.32. The van der Waals surface area contributed by atoms with Gasteiger partial charge in [0, 0.05) is 24.5 Å². The van der Waals surface area contributed by atoms with Crippen molar-refractivity contribution in [2.45, 2.75) is 6.54 Å². The normalized spacial score (nSPS) is 10.7. The molecule has 2 heterocycles. The molecule has 0 saturated carbocycles. The van der Waals surface area contributed by atoms with Gasteiger partial charge in [0.25, 0.3) is 5.91 Å². The molecule has 3 N–H and O–H groups in total. The van der Waals surface area contributed by atoms with E-state index in [0.717, 1.165) is 0 Å². The summed E-state index contributed by atoms with van der Waals surface area (Å²) in [6, 6.07) is 7.15. The molecular weight excluding hydrogens is 296 g/mol. The number of hydrogen-bond acceptors (Lipinski definition) is 5. The number of carbonyl (C=O) groups excluding carboxylic acids is 1. The van der Waals surface area contributed by atoms with Crippen LogP contribution in [0, 0.1) is 0 Å². The first kappa shape index (κ1) is 14.9. The first-order valence-electron chi connectivity index (χ1n) is 7.12. The highest BCUT2D eigenvalue weighted by Crippen LogP contribution is 2.21. The van der Waals surface area contributed by atoms with Crippen molar-refractivity contribution >= 4 is 5.91 Å². The van der Waals surface area contributed by atoms with E-state index in [1.54, 1.807) is 30.6 Å². The summed E-state index contributed by atoms with van der Waals surface area (Å²) in [6.45, 7) is 0.373. The largest absolute Gasteiger partial charge is 0.395 e. The van der Waals surface area contributed by atoms with E-state index in [1.807, 2.05) is 6.07 Å². The second-order valence-corrected chi connectivity index (χ2v) is 4.87. The highest BCUT2D eigenvalue weighted by atomic mass is 16.3. The van der Waals surface area contributed by atoms with Crippen molar-refractivity contribution in [3.63, 3.8) is 0 Å². The Kier molecular flexibility index (Phi) is 4.44. The van der Waals surface area contributed by atoms with Gasteiger partial charge in [0.15, 0.2) is 5.82 Å². The number of imidazole rings is 1. The van der Waals surface area contributed by atoms with Crippen molar-refractivity contribution in [3.8, 4) is 11.4 Å². The van der Waals surface area contributed by atoms with Crippen LogP contribution in [0.3, 0.4) is 0 Å². The van der Waals surface area contributed by atoms with Crippen molar-refractivity contribution < 1.29 is 9.90 Å². The zero-order valence-corrected chi connectivity index (χ0v) is 12.3. The zero-order valence-electron chi connectivity index (χ0n) is 12.3. The van der Waals surface area contributed by atoms with Crippen molar-refractivity contribution in [1.29, 1.82) is 0 Å². The van der Waals surface area contributed by atoms with Gasteiger partial charge in [-0.2, -0.15) is 5.10 Å². The van der Waals surface area contributed by atoms with Crippen LogP contribution in [-0.4, -0.2) is 54.2 Å². The Hall–Kier alpha value is -3.00. The van der Waals surface area contributed by atoms with Gasteiger partial charge in [0.2, 0.25) is 0 Å². The Morgan fingerprint density at radius 3 is 2.83 bits per heavy atom. The van der Waals surface area contributed by atoms with Crippen molar-refractivity contribution in [2.24, 2.45) is 0 Å². The van der Waals surface area contributed by atoms with E-state index in [9.17, 15) is 9.90 Å². The molecule has 0 saturated heterocycles. The zero-order chi connectivity index (χ0) is 16.1. The number of carbonyl (C=O) groups is 1. The summed E-state index contributed by atoms with van der Waals surface area (Å²) in [5, 5.41) is 15.9. The van der Waals surface area contributed by atoms with Crippen molar-refractivity contribution in [3.05, 3.63) is 54.4 Å². The topological polar surface area (TPSA) is 111 Å². The van der Waals surface area contributed by atoms with Crippen LogP contribution in [0.25, 0.3) is 11.4 Å². The number of aliphatic hydroxyl groups is 1. The van der Waals surface area contributed by atoms with Crippen LogP contribution in [-0.2, 0) is 6.54 Å². The quantitative estimate of drug-likeness (QED) is 0.624. The third-order valence-electron chi connectivity index (χ3n) is 3.38. The molecular formula is C15H16N6O2. The van der Waals surface area contributed by atoms with Crippen LogP contribution >= 0.6 is 0 Å². The first-order chi connectivity index (χ1) is 11.3. The standard InChI is InChI=1S/C15H16N6O2/c22-8-7-21(9-13-16-5-6-17-13)15(23)12-4-2-1-3-11(12)14-18-10-19-20-14/h1-6,10,22H,7-9H2,(H,16,17)(H,18,19,20). The van der Waals surface area contributed by atoms with E-state index in [2.05, 4.69) is 25.1 Å². The van der Waals surface area contributed by atoms with Crippen LogP contribution < -0.4 is 0 Å². The third-order valence-corrected chi connectivity index (χ3v) is 3.38. The van der Waals surface area contributed by atoms with E-state index in [0.29, 0.717) is 22.8 Å². The summed E-state index contributed by atoms with van der Waals surface area (Å²) in [5.41, 5.74) is 1.15. The number of aliphatic hydroxyl groups excluding tert-OH is 1. The number of aromatic nitrogens is 5. The Bertz CT molecular complexity index is 754. The maximum Gasteiger partial charge on any atom is 0.255 e. The molecule has 8 heteroatoms. The van der Waals surface area contributed by atoms with Gasteiger partial charge in [-0.3, -0.25) is 9.89 Å². The summed E-state index contributed by atoms with van der Waals surface area (Å²) in [5.74, 6) is 0.974. The molecule has 3 rings (SSSR count). The highest BCUT2D eigenvalue weighted by molar-refractivity contribution is 6.00. The first-order valence-corrected chi connectivity index (χ1v) is 7.12. The number of nitrogens with one attached hydrogen (secondary N) is 2. The lowest BCUT2D eigenvalue weighted by atomic mass is 10.1. The fraction of sp³-hybridized carbons (Fsp3) is 0.200. The van der Waals surface area contributed by atoms with Gasteiger partial charge >= 0.3 is 0 Å². The van der Waals surface area contributed by atoms with Crippen LogP contribution in [0.5, 0.6) is 0 Å². The predicted molar refractivity (Wildman–Crippen MR) is 82.2 cm³/mol. The summed E-state index contributed by atoms with van der Waals surface area (Å²) < 4.78 is 0. The van der Waals surface area contributed by atoms with E-state index in [-0.39, 0.29) is 25.6 Å².